The third kappa shape index (κ3) is 3.07. The molecular weight excluding hydrogens is 300 g/mol. The second-order valence-corrected chi connectivity index (χ2v) is 5.31. The fourth-order valence-electron chi connectivity index (χ4n) is 2.12. The van der Waals surface area contributed by atoms with Gasteiger partial charge in [-0.1, -0.05) is 0 Å². The zero-order valence-electron chi connectivity index (χ0n) is 9.60. The van der Waals surface area contributed by atoms with Crippen molar-refractivity contribution in [1.29, 1.82) is 0 Å². The van der Waals surface area contributed by atoms with Gasteiger partial charge in [0.2, 0.25) is 5.91 Å². The number of carbonyl (C=O) groups is 2. The van der Waals surface area contributed by atoms with Crippen LogP contribution in [0.4, 0.5) is 5.82 Å². The molecule has 1 aromatic rings. The Morgan fingerprint density at radius 1 is 1.33 bits per heavy atom. The van der Waals surface area contributed by atoms with Crippen molar-refractivity contribution in [3.05, 3.63) is 22.8 Å². The predicted octanol–water partition coefficient (Wildman–Crippen LogP) is 2.28. The highest BCUT2D eigenvalue weighted by Crippen LogP contribution is 2.31. The summed E-state index contributed by atoms with van der Waals surface area (Å²) in [7, 11) is 0. The molecule has 0 radical (unpaired) electrons. The molecular formula is C12H13BrN2O3. The largest absolute Gasteiger partial charge is 0.481 e. The molecule has 1 aliphatic rings. The van der Waals surface area contributed by atoms with Crippen molar-refractivity contribution >= 4 is 33.6 Å². The predicted molar refractivity (Wildman–Crippen MR) is 69.0 cm³/mol. The van der Waals surface area contributed by atoms with E-state index in [4.69, 9.17) is 5.11 Å². The molecule has 0 unspecified atom stereocenters. The molecule has 1 saturated carbocycles. The van der Waals surface area contributed by atoms with Crippen LogP contribution in [0.5, 0.6) is 0 Å². The second-order valence-electron chi connectivity index (χ2n) is 4.40. The van der Waals surface area contributed by atoms with Crippen molar-refractivity contribution in [3.8, 4) is 0 Å². The average Bonchev–Trinajstić information content (AvgIpc) is 2.81. The van der Waals surface area contributed by atoms with Crippen LogP contribution in [0.15, 0.2) is 22.8 Å². The average molecular weight is 313 g/mol. The maximum Gasteiger partial charge on any atom is 0.306 e. The maximum absolute atomic E-state index is 11.9. The number of aromatic nitrogens is 1. The number of halogens is 1. The van der Waals surface area contributed by atoms with Crippen LogP contribution in [-0.2, 0) is 9.59 Å². The van der Waals surface area contributed by atoms with E-state index in [0.717, 1.165) is 4.47 Å². The highest BCUT2D eigenvalue weighted by atomic mass is 79.9. The van der Waals surface area contributed by atoms with Gasteiger partial charge in [-0.25, -0.2) is 4.98 Å². The number of carbonyl (C=O) groups excluding carboxylic acids is 1. The molecule has 2 rings (SSSR count). The highest BCUT2D eigenvalue weighted by molar-refractivity contribution is 9.10. The molecule has 0 aliphatic heterocycles. The Morgan fingerprint density at radius 3 is 2.61 bits per heavy atom. The molecule has 0 saturated heterocycles. The minimum Gasteiger partial charge on any atom is -0.481 e. The number of rotatable bonds is 3. The van der Waals surface area contributed by atoms with E-state index in [0.29, 0.717) is 25.1 Å². The lowest BCUT2D eigenvalue weighted by Gasteiger charge is -2.10. The molecule has 0 bridgehead atoms. The monoisotopic (exact) mass is 312 g/mol. The van der Waals surface area contributed by atoms with Gasteiger partial charge in [-0.3, -0.25) is 9.59 Å². The molecule has 2 N–H and O–H groups in total. The van der Waals surface area contributed by atoms with E-state index in [1.54, 1.807) is 18.3 Å². The summed E-state index contributed by atoms with van der Waals surface area (Å²) in [5.74, 6) is -1.09. The first-order valence-corrected chi connectivity index (χ1v) is 6.51. The van der Waals surface area contributed by atoms with Crippen LogP contribution in [0, 0.1) is 11.8 Å². The van der Waals surface area contributed by atoms with Crippen molar-refractivity contribution in [2.75, 3.05) is 5.32 Å². The van der Waals surface area contributed by atoms with Gasteiger partial charge in [0.05, 0.1) is 5.92 Å². The van der Waals surface area contributed by atoms with Crippen molar-refractivity contribution in [2.24, 2.45) is 11.8 Å². The molecule has 0 spiro atoms. The Bertz CT molecular complexity index is 461. The van der Waals surface area contributed by atoms with Gasteiger partial charge in [-0.15, -0.1) is 0 Å². The second kappa shape index (κ2) is 5.48. The van der Waals surface area contributed by atoms with Gasteiger partial charge >= 0.3 is 5.97 Å². The van der Waals surface area contributed by atoms with Crippen molar-refractivity contribution in [1.82, 2.24) is 4.98 Å². The van der Waals surface area contributed by atoms with Crippen LogP contribution in [-0.4, -0.2) is 22.0 Å². The number of nitrogens with one attached hydrogen (secondary N) is 1. The Balaban J connectivity index is 1.93. The van der Waals surface area contributed by atoms with Crippen LogP contribution in [0.2, 0.25) is 0 Å². The van der Waals surface area contributed by atoms with Crippen LogP contribution in [0.1, 0.15) is 19.3 Å². The van der Waals surface area contributed by atoms with Gasteiger partial charge in [0.25, 0.3) is 0 Å². The molecule has 96 valence electrons. The van der Waals surface area contributed by atoms with E-state index in [1.807, 2.05) is 0 Å². The van der Waals surface area contributed by atoms with Crippen LogP contribution < -0.4 is 5.32 Å². The molecule has 1 heterocycles. The van der Waals surface area contributed by atoms with Crippen LogP contribution in [0.3, 0.4) is 0 Å². The molecule has 1 amide bonds. The van der Waals surface area contributed by atoms with E-state index in [-0.39, 0.29) is 11.8 Å². The highest BCUT2D eigenvalue weighted by Gasteiger charge is 2.33. The molecule has 1 aliphatic carbocycles. The van der Waals surface area contributed by atoms with Crippen LogP contribution in [0.25, 0.3) is 0 Å². The van der Waals surface area contributed by atoms with Crippen molar-refractivity contribution in [2.45, 2.75) is 19.3 Å². The Labute approximate surface area is 113 Å². The van der Waals surface area contributed by atoms with Crippen LogP contribution >= 0.6 is 15.9 Å². The fourth-order valence-corrected chi connectivity index (χ4v) is 2.36. The summed E-state index contributed by atoms with van der Waals surface area (Å²) < 4.78 is 0.840. The zero-order valence-corrected chi connectivity index (χ0v) is 11.2. The zero-order chi connectivity index (χ0) is 13.1. The first kappa shape index (κ1) is 13.0. The summed E-state index contributed by atoms with van der Waals surface area (Å²) in [5.41, 5.74) is 0. The molecule has 1 fully saturated rings. The summed E-state index contributed by atoms with van der Waals surface area (Å²) in [6.45, 7) is 0. The molecule has 5 nitrogen and oxygen atoms in total. The normalized spacial score (nSPS) is 22.7. The lowest BCUT2D eigenvalue weighted by molar-refractivity contribution is -0.141. The molecule has 6 heteroatoms. The number of hydrogen-bond donors (Lipinski definition) is 2. The minimum atomic E-state index is -0.813. The standard InChI is InChI=1S/C12H13BrN2O3/c13-9-3-4-10(14-6-9)15-11(16)7-1-2-8(5-7)12(17)18/h3-4,6-8H,1-2,5H2,(H,17,18)(H,14,15,16)/t7-,8-/m1/s1. The lowest BCUT2D eigenvalue weighted by atomic mass is 10.0. The molecule has 1 aromatic heterocycles. The number of carboxylic acid groups (broad SMARTS) is 1. The first-order chi connectivity index (χ1) is 8.56. The summed E-state index contributed by atoms with van der Waals surface area (Å²) >= 11 is 3.26. The topological polar surface area (TPSA) is 79.3 Å². The van der Waals surface area contributed by atoms with Gasteiger partial charge in [-0.05, 0) is 47.3 Å². The smallest absolute Gasteiger partial charge is 0.306 e. The first-order valence-electron chi connectivity index (χ1n) is 5.71. The molecule has 0 aromatic carbocycles. The maximum atomic E-state index is 11.9. The third-order valence-electron chi connectivity index (χ3n) is 3.13. The summed E-state index contributed by atoms with van der Waals surface area (Å²) in [6.07, 6.45) is 3.21. The summed E-state index contributed by atoms with van der Waals surface area (Å²) in [5, 5.41) is 11.6. The number of anilines is 1. The number of amides is 1. The quantitative estimate of drug-likeness (QED) is 0.897. The minimum absolute atomic E-state index is 0.145. The molecule has 18 heavy (non-hydrogen) atoms. The summed E-state index contributed by atoms with van der Waals surface area (Å²) in [4.78, 5) is 26.8. The van der Waals surface area contributed by atoms with E-state index in [2.05, 4.69) is 26.2 Å². The van der Waals surface area contributed by atoms with E-state index < -0.39 is 11.9 Å². The summed E-state index contributed by atoms with van der Waals surface area (Å²) in [6, 6.07) is 3.49. The van der Waals surface area contributed by atoms with E-state index in [1.165, 1.54) is 0 Å². The van der Waals surface area contributed by atoms with Gasteiger partial charge in [0, 0.05) is 16.6 Å². The SMILES string of the molecule is O=C(O)[C@@H]1CC[C@@H](C(=O)Nc2ccc(Br)cn2)C1. The number of aliphatic carboxylic acids is 1. The Morgan fingerprint density at radius 2 is 2.06 bits per heavy atom. The Hall–Kier alpha value is -1.43. The Kier molecular flexibility index (Phi) is 3.96. The van der Waals surface area contributed by atoms with Gasteiger partial charge in [-0.2, -0.15) is 0 Å². The van der Waals surface area contributed by atoms with Crippen molar-refractivity contribution in [3.63, 3.8) is 0 Å². The van der Waals surface area contributed by atoms with E-state index in [9.17, 15) is 9.59 Å². The van der Waals surface area contributed by atoms with E-state index >= 15 is 0 Å². The molecule has 2 atom stereocenters. The number of carboxylic acids is 1. The number of pyridine rings is 1. The number of hydrogen-bond acceptors (Lipinski definition) is 3. The lowest BCUT2D eigenvalue weighted by Crippen LogP contribution is -2.22. The fraction of sp³-hybridized carbons (Fsp3) is 0.417. The van der Waals surface area contributed by atoms with Gasteiger partial charge < -0.3 is 10.4 Å². The van der Waals surface area contributed by atoms with Gasteiger partial charge in [0.15, 0.2) is 0 Å². The third-order valence-corrected chi connectivity index (χ3v) is 3.60. The van der Waals surface area contributed by atoms with Gasteiger partial charge in [0.1, 0.15) is 5.82 Å². The number of nitrogens with zero attached hydrogens (tertiary/aromatic N) is 1. The van der Waals surface area contributed by atoms with Crippen molar-refractivity contribution < 1.29 is 14.7 Å².